The molecule has 2 aromatic carbocycles. The van der Waals surface area contributed by atoms with Crippen LogP contribution in [-0.2, 0) is 6.54 Å². The van der Waals surface area contributed by atoms with Gasteiger partial charge in [-0.1, -0.05) is 36.4 Å². The van der Waals surface area contributed by atoms with Gasteiger partial charge in [-0.3, -0.25) is 9.55 Å². The molecule has 1 aliphatic heterocycles. The summed E-state index contributed by atoms with van der Waals surface area (Å²) in [6, 6.07) is 29.4. The van der Waals surface area contributed by atoms with Crippen LogP contribution in [0.15, 0.2) is 97.3 Å². The van der Waals surface area contributed by atoms with E-state index in [2.05, 4.69) is 85.4 Å². The second-order valence-electron chi connectivity index (χ2n) is 7.80. The summed E-state index contributed by atoms with van der Waals surface area (Å²) in [5.74, 6) is 1.16. The Kier molecular flexibility index (Phi) is 3.27. The summed E-state index contributed by atoms with van der Waals surface area (Å²) in [6.45, 7) is 0.755. The molecule has 0 fully saturated rings. The van der Waals surface area contributed by atoms with Crippen molar-refractivity contribution in [2.24, 2.45) is 0 Å². The molecular formula is C26H18N5+. The first kappa shape index (κ1) is 16.5. The highest BCUT2D eigenvalue weighted by molar-refractivity contribution is 6.04. The van der Waals surface area contributed by atoms with Gasteiger partial charge in [0.1, 0.15) is 12.2 Å². The van der Waals surface area contributed by atoms with E-state index in [0.29, 0.717) is 0 Å². The normalized spacial score (nSPS) is 12.4. The zero-order chi connectivity index (χ0) is 20.4. The third-order valence-electron chi connectivity index (χ3n) is 6.09. The Morgan fingerprint density at radius 2 is 1.35 bits per heavy atom. The molecular weight excluding hydrogens is 382 g/mol. The second-order valence-corrected chi connectivity index (χ2v) is 7.80. The molecule has 0 atom stereocenters. The number of imidazole rings is 1. The van der Waals surface area contributed by atoms with Crippen molar-refractivity contribution >= 4 is 22.2 Å². The average Bonchev–Trinajstić information content (AvgIpc) is 3.46. The summed E-state index contributed by atoms with van der Waals surface area (Å²) in [4.78, 5) is 9.47. The Morgan fingerprint density at radius 1 is 0.677 bits per heavy atom. The third kappa shape index (κ3) is 2.17. The van der Waals surface area contributed by atoms with Crippen molar-refractivity contribution in [3.05, 3.63) is 103 Å². The number of fused-ring (bicyclic) bond motifs is 7. The number of rotatable bonds is 2. The number of nitrogens with zero attached hydrogens (tertiary/aromatic N) is 5. The van der Waals surface area contributed by atoms with Gasteiger partial charge in [-0.25, -0.2) is 9.55 Å². The number of hydrogen-bond acceptors (Lipinski definition) is 2. The van der Waals surface area contributed by atoms with E-state index in [4.69, 9.17) is 4.98 Å². The SMILES string of the molecule is c1ccc(-n2c3[n+](c4c5cccnc5n(-c5ccccc5)c42)Cc2ncccc2-3)cc1. The standard InChI is InChI=1S/C26H18N5/c1-3-9-18(10-4-1)30-24-21(14-8-16-28-24)23-26(30)31(19-11-5-2-6-12-19)25-20-13-7-15-27-22(20)17-29(23)25/h1-16H,17H2/q+1. The Balaban J connectivity index is 1.74. The molecule has 146 valence electrons. The zero-order valence-corrected chi connectivity index (χ0v) is 16.7. The summed E-state index contributed by atoms with van der Waals surface area (Å²) in [5, 5.41) is 1.14. The van der Waals surface area contributed by atoms with Crippen LogP contribution in [0.3, 0.4) is 0 Å². The molecule has 0 amide bonds. The third-order valence-corrected chi connectivity index (χ3v) is 6.09. The minimum atomic E-state index is 0.755. The fourth-order valence-electron chi connectivity index (χ4n) is 4.87. The van der Waals surface area contributed by atoms with E-state index in [1.54, 1.807) is 0 Å². The zero-order valence-electron chi connectivity index (χ0n) is 16.7. The van der Waals surface area contributed by atoms with E-state index in [0.717, 1.165) is 46.1 Å². The molecule has 4 aromatic heterocycles. The molecule has 0 bridgehead atoms. The summed E-state index contributed by atoms with van der Waals surface area (Å²) in [5.41, 5.74) is 7.77. The summed E-state index contributed by atoms with van der Waals surface area (Å²) in [7, 11) is 0. The van der Waals surface area contributed by atoms with Gasteiger partial charge in [0, 0.05) is 12.4 Å². The maximum Gasteiger partial charge on any atom is 0.298 e. The minimum Gasteiger partial charge on any atom is -0.257 e. The lowest BCUT2D eigenvalue weighted by Crippen LogP contribution is -2.31. The van der Waals surface area contributed by atoms with Crippen LogP contribution in [0, 0.1) is 0 Å². The Morgan fingerprint density at radius 3 is 2.13 bits per heavy atom. The van der Waals surface area contributed by atoms with Crippen LogP contribution in [-0.4, -0.2) is 19.1 Å². The molecule has 1 aliphatic rings. The second kappa shape index (κ2) is 6.12. The summed E-state index contributed by atoms with van der Waals surface area (Å²) >= 11 is 0. The highest BCUT2D eigenvalue weighted by Crippen LogP contribution is 2.38. The van der Waals surface area contributed by atoms with Gasteiger partial charge in [-0.15, -0.1) is 0 Å². The van der Waals surface area contributed by atoms with Gasteiger partial charge in [0.15, 0.2) is 5.65 Å². The molecule has 31 heavy (non-hydrogen) atoms. The topological polar surface area (TPSA) is 39.5 Å². The molecule has 5 nitrogen and oxygen atoms in total. The van der Waals surface area contributed by atoms with E-state index in [9.17, 15) is 0 Å². The Hall–Kier alpha value is -4.25. The quantitative estimate of drug-likeness (QED) is 0.395. The first-order chi connectivity index (χ1) is 15.4. The predicted octanol–water partition coefficient (Wildman–Crippen LogP) is 4.68. The van der Waals surface area contributed by atoms with Gasteiger partial charge < -0.3 is 0 Å². The van der Waals surface area contributed by atoms with Crippen LogP contribution >= 0.6 is 0 Å². The lowest BCUT2D eigenvalue weighted by atomic mass is 10.2. The van der Waals surface area contributed by atoms with Crippen molar-refractivity contribution in [2.75, 3.05) is 0 Å². The maximum absolute atomic E-state index is 4.80. The highest BCUT2D eigenvalue weighted by atomic mass is 15.3. The predicted molar refractivity (Wildman–Crippen MR) is 120 cm³/mol. The smallest absolute Gasteiger partial charge is 0.257 e. The largest absolute Gasteiger partial charge is 0.298 e. The molecule has 5 heteroatoms. The van der Waals surface area contributed by atoms with Crippen LogP contribution in [0.4, 0.5) is 0 Å². The monoisotopic (exact) mass is 400 g/mol. The van der Waals surface area contributed by atoms with E-state index >= 15 is 0 Å². The lowest BCUT2D eigenvalue weighted by molar-refractivity contribution is -0.645. The van der Waals surface area contributed by atoms with Crippen molar-refractivity contribution in [3.8, 4) is 22.8 Å². The van der Waals surface area contributed by atoms with E-state index in [1.807, 2.05) is 30.6 Å². The van der Waals surface area contributed by atoms with Gasteiger partial charge in [-0.05, 0) is 48.5 Å². The fourth-order valence-corrected chi connectivity index (χ4v) is 4.87. The number of aromatic nitrogens is 5. The molecule has 0 aliphatic carbocycles. The first-order valence-electron chi connectivity index (χ1n) is 10.4. The van der Waals surface area contributed by atoms with Crippen LogP contribution in [0.25, 0.3) is 45.0 Å². The van der Waals surface area contributed by atoms with Crippen LogP contribution in [0.5, 0.6) is 0 Å². The molecule has 5 heterocycles. The van der Waals surface area contributed by atoms with E-state index in [-0.39, 0.29) is 0 Å². The number of para-hydroxylation sites is 2. The van der Waals surface area contributed by atoms with E-state index < -0.39 is 0 Å². The molecule has 0 N–H and O–H groups in total. The van der Waals surface area contributed by atoms with Gasteiger partial charge >= 0.3 is 0 Å². The van der Waals surface area contributed by atoms with Crippen LogP contribution < -0.4 is 4.57 Å². The molecule has 7 rings (SSSR count). The molecule has 0 spiro atoms. The summed E-state index contributed by atoms with van der Waals surface area (Å²) < 4.78 is 7.03. The van der Waals surface area contributed by atoms with Crippen molar-refractivity contribution in [3.63, 3.8) is 0 Å². The van der Waals surface area contributed by atoms with Crippen molar-refractivity contribution in [2.45, 2.75) is 6.54 Å². The van der Waals surface area contributed by atoms with Crippen molar-refractivity contribution < 1.29 is 4.57 Å². The van der Waals surface area contributed by atoms with Gasteiger partial charge in [0.25, 0.3) is 11.5 Å². The molecule has 0 unspecified atom stereocenters. The molecule has 0 saturated carbocycles. The van der Waals surface area contributed by atoms with Gasteiger partial charge in [0.2, 0.25) is 5.52 Å². The summed E-state index contributed by atoms with van der Waals surface area (Å²) in [6.07, 6.45) is 3.75. The van der Waals surface area contributed by atoms with Crippen LogP contribution in [0.2, 0.25) is 0 Å². The van der Waals surface area contributed by atoms with E-state index in [1.165, 1.54) is 11.1 Å². The fraction of sp³-hybridized carbons (Fsp3) is 0.0385. The number of hydrogen-bond donors (Lipinski definition) is 0. The number of benzene rings is 2. The minimum absolute atomic E-state index is 0.755. The Labute approximate surface area is 178 Å². The maximum atomic E-state index is 4.80. The lowest BCUT2D eigenvalue weighted by Gasteiger charge is -2.07. The Bertz CT molecular complexity index is 1590. The molecule has 6 aromatic rings. The van der Waals surface area contributed by atoms with Crippen molar-refractivity contribution in [1.29, 1.82) is 0 Å². The molecule has 0 saturated heterocycles. The highest BCUT2D eigenvalue weighted by Gasteiger charge is 2.39. The van der Waals surface area contributed by atoms with Gasteiger partial charge in [0.05, 0.1) is 22.3 Å². The number of pyridine rings is 2. The van der Waals surface area contributed by atoms with Crippen molar-refractivity contribution in [1.82, 2.24) is 19.1 Å². The average molecular weight is 400 g/mol. The first-order valence-corrected chi connectivity index (χ1v) is 10.4. The van der Waals surface area contributed by atoms with Gasteiger partial charge in [-0.2, -0.15) is 4.57 Å². The van der Waals surface area contributed by atoms with Crippen LogP contribution in [0.1, 0.15) is 5.69 Å². The molecule has 0 radical (unpaired) electrons.